The molecule has 3 aromatic rings. The monoisotopic (exact) mass is 827 g/mol. The predicted molar refractivity (Wildman–Crippen MR) is 225 cm³/mol. The van der Waals surface area contributed by atoms with Gasteiger partial charge in [0.05, 0.1) is 59.2 Å². The van der Waals surface area contributed by atoms with Crippen LogP contribution in [-0.2, 0) is 23.8 Å². The number of rotatable bonds is 5. The first-order valence-electron chi connectivity index (χ1n) is 19.5. The van der Waals surface area contributed by atoms with Gasteiger partial charge in [0.25, 0.3) is 11.7 Å². The molecule has 3 aliphatic heterocycles. The number of phenolic OH excluding ortho intramolecular Hbond substituents is 3. The lowest BCUT2D eigenvalue weighted by Gasteiger charge is -2.38. The second kappa shape index (κ2) is 18.5. The van der Waals surface area contributed by atoms with Gasteiger partial charge in [-0.25, -0.2) is 0 Å². The molecule has 1 amide bonds. The maximum atomic E-state index is 14.4. The van der Waals surface area contributed by atoms with Crippen molar-refractivity contribution in [2.75, 3.05) is 12.4 Å². The number of aliphatic hydroxyl groups excluding tert-OH is 2. The molecule has 15 heteroatoms. The Balaban J connectivity index is 1.71. The fourth-order valence-corrected chi connectivity index (χ4v) is 7.60. The Bertz CT molecular complexity index is 2280. The van der Waals surface area contributed by atoms with Crippen LogP contribution >= 0.6 is 0 Å². The summed E-state index contributed by atoms with van der Waals surface area (Å²) in [6.07, 6.45) is 5.95. The zero-order chi connectivity index (χ0) is 44.2. The third-order valence-corrected chi connectivity index (χ3v) is 11.3. The highest BCUT2D eigenvalue weighted by Crippen LogP contribution is 2.55. The number of carbonyl (C=O) groups is 3. The van der Waals surface area contributed by atoms with E-state index in [1.54, 1.807) is 52.0 Å². The maximum absolute atomic E-state index is 14.4. The number of ether oxygens (including phenoxy) is 4. The van der Waals surface area contributed by atoms with Crippen molar-refractivity contribution < 1.29 is 58.9 Å². The Morgan fingerprint density at radius 2 is 1.55 bits per heavy atom. The van der Waals surface area contributed by atoms with E-state index in [2.05, 4.69) is 15.5 Å². The van der Waals surface area contributed by atoms with Crippen molar-refractivity contribution in [3.8, 4) is 23.0 Å². The van der Waals surface area contributed by atoms with Crippen molar-refractivity contribution in [3.63, 3.8) is 0 Å². The molecule has 6 N–H and O–H groups in total. The molecule has 6 rings (SSSR count). The number of ketones is 1. The van der Waals surface area contributed by atoms with Crippen LogP contribution in [0, 0.1) is 30.6 Å². The lowest BCUT2D eigenvalue weighted by molar-refractivity contribution is -0.160. The Morgan fingerprint density at radius 1 is 0.883 bits per heavy atom. The molecule has 3 heterocycles. The van der Waals surface area contributed by atoms with Crippen molar-refractivity contribution in [1.82, 2.24) is 0 Å². The number of nitrogens with zero attached hydrogens (tertiary/aromatic N) is 2. The lowest BCUT2D eigenvalue weighted by atomic mass is 9.78. The van der Waals surface area contributed by atoms with E-state index in [9.17, 15) is 39.9 Å². The molecule has 60 heavy (non-hydrogen) atoms. The van der Waals surface area contributed by atoms with Crippen LogP contribution < -0.4 is 10.1 Å². The van der Waals surface area contributed by atoms with Gasteiger partial charge in [-0.3, -0.25) is 14.4 Å². The molecule has 9 unspecified atom stereocenters. The highest BCUT2D eigenvalue weighted by atomic mass is 16.7. The van der Waals surface area contributed by atoms with E-state index < -0.39 is 88.8 Å². The van der Waals surface area contributed by atoms with Gasteiger partial charge in [0.1, 0.15) is 23.4 Å². The molecule has 3 aromatic carbocycles. The standard InChI is InChI=1S/C45H53N3O12/c1-22-14-13-15-23(2)44(56)48-35-30(21-47-46-20-29-16-11-10-12-17-29)39(53)32-33(40(35)54)38(52)27(6)42-34(32)43(55)45(8,60-42)58-19-18-31(57-9)24(3)41(59-28(7)49)26(5)37(51)25(4)36(22)50/h10-22,24-26,31,36-37,41,50-54H,1-9H3,(H,48,56)/b14-13?,19-18?,23-15?,46-20?,47-21+. The summed E-state index contributed by atoms with van der Waals surface area (Å²) >= 11 is 0. The van der Waals surface area contributed by atoms with E-state index in [-0.39, 0.29) is 44.5 Å². The number of allylic oxidation sites excluding steroid dienone is 2. The van der Waals surface area contributed by atoms with E-state index in [0.29, 0.717) is 5.56 Å². The van der Waals surface area contributed by atoms with Gasteiger partial charge in [-0.05, 0) is 25.5 Å². The van der Waals surface area contributed by atoms with Crippen LogP contribution in [0.15, 0.2) is 76.7 Å². The SMILES string of the molecule is COC1C=COC2(C)Oc3c(C)c(O)c4c(O)c(c(/C=N/N=Cc5ccccc5)c(O)c4c3C2=O)NC(=O)C(C)=CC=CC(C)C(O)C(C)C(O)C(C)C(OC(C)=O)C1C. The molecular formula is C45H53N3O12. The zero-order valence-corrected chi connectivity index (χ0v) is 35.0. The van der Waals surface area contributed by atoms with Gasteiger partial charge in [0.2, 0.25) is 0 Å². The number of carbonyl (C=O) groups excluding carboxylic acids is 3. The smallest absolute Gasteiger partial charge is 0.312 e. The molecule has 5 bridgehead atoms. The first kappa shape index (κ1) is 45.1. The summed E-state index contributed by atoms with van der Waals surface area (Å²) in [7, 11) is 1.43. The first-order chi connectivity index (χ1) is 28.3. The highest BCUT2D eigenvalue weighted by Gasteiger charge is 2.50. The lowest BCUT2D eigenvalue weighted by Crippen LogP contribution is -2.46. The Labute approximate surface area is 348 Å². The molecule has 0 fully saturated rings. The van der Waals surface area contributed by atoms with Gasteiger partial charge in [-0.1, -0.05) is 76.3 Å². The number of Topliss-reactive ketones (excluding diaryl/α,β-unsaturated/α-hetero) is 1. The van der Waals surface area contributed by atoms with Crippen LogP contribution in [0.3, 0.4) is 0 Å². The number of esters is 1. The second-order valence-electron chi connectivity index (χ2n) is 15.5. The summed E-state index contributed by atoms with van der Waals surface area (Å²) in [5.41, 5.74) is 0.0665. The van der Waals surface area contributed by atoms with Gasteiger partial charge in [0, 0.05) is 61.2 Å². The number of aliphatic hydroxyl groups is 2. The molecule has 15 nitrogen and oxygen atoms in total. The summed E-state index contributed by atoms with van der Waals surface area (Å²) in [5.74, 6) is -8.71. The summed E-state index contributed by atoms with van der Waals surface area (Å²) < 4.78 is 23.5. The number of fused-ring (bicyclic) bond motifs is 14. The van der Waals surface area contributed by atoms with E-state index in [1.807, 2.05) is 18.2 Å². The molecule has 320 valence electrons. The number of amides is 1. The summed E-state index contributed by atoms with van der Waals surface area (Å²) in [4.78, 5) is 40.4. The number of methoxy groups -OCH3 is 1. The minimum atomic E-state index is -2.07. The Morgan fingerprint density at radius 3 is 2.20 bits per heavy atom. The van der Waals surface area contributed by atoms with Gasteiger partial charge < -0.3 is 49.8 Å². The van der Waals surface area contributed by atoms with Crippen molar-refractivity contribution in [3.05, 3.63) is 88.7 Å². The van der Waals surface area contributed by atoms with Crippen LogP contribution in [-0.4, -0.2) is 92.9 Å². The average molecular weight is 828 g/mol. The number of anilines is 1. The summed E-state index contributed by atoms with van der Waals surface area (Å²) in [5, 5.41) is 68.3. The number of nitrogens with one attached hydrogen (secondary N) is 1. The summed E-state index contributed by atoms with van der Waals surface area (Å²) in [6.45, 7) is 12.4. The minimum absolute atomic E-state index is 0.0282. The Kier molecular flexibility index (Phi) is 13.9. The van der Waals surface area contributed by atoms with E-state index in [4.69, 9.17) is 18.9 Å². The molecule has 3 aliphatic rings. The maximum Gasteiger partial charge on any atom is 0.312 e. The quantitative estimate of drug-likeness (QED) is 0.0555. The third kappa shape index (κ3) is 8.93. The normalized spacial score (nSPS) is 27.9. The van der Waals surface area contributed by atoms with Crippen molar-refractivity contribution in [2.24, 2.45) is 33.9 Å². The number of aromatic hydroxyl groups is 3. The summed E-state index contributed by atoms with van der Waals surface area (Å²) in [6, 6.07) is 9.03. The number of hydrogen-bond acceptors (Lipinski definition) is 14. The van der Waals surface area contributed by atoms with Gasteiger partial charge >= 0.3 is 11.8 Å². The zero-order valence-electron chi connectivity index (χ0n) is 35.0. The fraction of sp³-hybridized carbons (Fsp3) is 0.400. The number of phenols is 3. The molecule has 9 atom stereocenters. The van der Waals surface area contributed by atoms with E-state index in [0.717, 1.165) is 6.21 Å². The van der Waals surface area contributed by atoms with Crippen LogP contribution in [0.4, 0.5) is 5.69 Å². The highest BCUT2D eigenvalue weighted by molar-refractivity contribution is 6.23. The molecule has 0 radical (unpaired) electrons. The Hall–Kier alpha value is -6.03. The number of benzene rings is 3. The average Bonchev–Trinajstić information content (AvgIpc) is 3.48. The van der Waals surface area contributed by atoms with Crippen LogP contribution in [0.25, 0.3) is 10.8 Å². The van der Waals surface area contributed by atoms with Crippen LogP contribution in [0.5, 0.6) is 23.0 Å². The molecule has 0 spiro atoms. The van der Waals surface area contributed by atoms with Crippen LogP contribution in [0.2, 0.25) is 0 Å². The second-order valence-corrected chi connectivity index (χ2v) is 15.5. The minimum Gasteiger partial charge on any atom is -0.507 e. The van der Waals surface area contributed by atoms with Crippen molar-refractivity contribution in [1.29, 1.82) is 0 Å². The number of hydrogen-bond donors (Lipinski definition) is 6. The van der Waals surface area contributed by atoms with Crippen LogP contribution in [0.1, 0.15) is 75.5 Å². The van der Waals surface area contributed by atoms with Gasteiger partial charge in [0.15, 0.2) is 5.75 Å². The molecular weight excluding hydrogens is 775 g/mol. The van der Waals surface area contributed by atoms with E-state index >= 15 is 0 Å². The molecule has 0 aromatic heterocycles. The molecule has 0 aliphatic carbocycles. The van der Waals surface area contributed by atoms with E-state index in [1.165, 1.54) is 59.4 Å². The van der Waals surface area contributed by atoms with Crippen molar-refractivity contribution in [2.45, 2.75) is 85.6 Å². The van der Waals surface area contributed by atoms with Gasteiger partial charge in [-0.15, -0.1) is 0 Å². The largest absolute Gasteiger partial charge is 0.507 e. The molecule has 0 saturated heterocycles. The van der Waals surface area contributed by atoms with Gasteiger partial charge in [-0.2, -0.15) is 10.2 Å². The fourth-order valence-electron chi connectivity index (χ4n) is 7.60. The molecule has 0 saturated carbocycles. The predicted octanol–water partition coefficient (Wildman–Crippen LogP) is 6.21. The first-order valence-corrected chi connectivity index (χ1v) is 19.5. The van der Waals surface area contributed by atoms with Crippen molar-refractivity contribution >= 4 is 46.5 Å². The topological polar surface area (TPSA) is 226 Å². The third-order valence-electron chi connectivity index (χ3n) is 11.3.